The van der Waals surface area contributed by atoms with Gasteiger partial charge in [-0.05, 0) is 43.0 Å². The first-order chi connectivity index (χ1) is 12.9. The second-order valence-corrected chi connectivity index (χ2v) is 6.90. The molecule has 0 spiro atoms. The van der Waals surface area contributed by atoms with Crippen LogP contribution in [0.4, 0.5) is 5.69 Å². The number of thioether (sulfide) groups is 1. The van der Waals surface area contributed by atoms with E-state index in [1.807, 2.05) is 19.2 Å². The number of hydrogen-bond acceptors (Lipinski definition) is 6. The van der Waals surface area contributed by atoms with E-state index in [0.717, 1.165) is 11.3 Å². The van der Waals surface area contributed by atoms with Crippen LogP contribution in [0.2, 0.25) is 0 Å². The first-order valence-electron chi connectivity index (χ1n) is 8.46. The molecule has 0 fully saturated rings. The molecule has 29 heavy (non-hydrogen) atoms. The van der Waals surface area contributed by atoms with Gasteiger partial charge in [0.25, 0.3) is 5.91 Å². The highest BCUT2D eigenvalue weighted by atomic mass is 35.5. The molecule has 0 saturated heterocycles. The Labute approximate surface area is 187 Å². The molecule has 10 heteroatoms. The van der Waals surface area contributed by atoms with Gasteiger partial charge in [-0.15, -0.1) is 24.8 Å². The topological polar surface area (TPSA) is 106 Å². The number of carbonyl (C=O) groups is 2. The van der Waals surface area contributed by atoms with Crippen molar-refractivity contribution in [3.05, 3.63) is 47.8 Å². The number of halogens is 2. The zero-order valence-corrected chi connectivity index (χ0v) is 18.9. The predicted molar refractivity (Wildman–Crippen MR) is 123 cm³/mol. The van der Waals surface area contributed by atoms with Gasteiger partial charge >= 0.3 is 0 Å². The third-order valence-electron chi connectivity index (χ3n) is 3.84. The summed E-state index contributed by atoms with van der Waals surface area (Å²) in [6.07, 6.45) is 4.09. The lowest BCUT2D eigenvalue weighted by atomic mass is 10.2. The molecule has 2 rings (SSSR count). The summed E-state index contributed by atoms with van der Waals surface area (Å²) in [6.45, 7) is 1.89. The van der Waals surface area contributed by atoms with E-state index in [0.29, 0.717) is 23.6 Å². The van der Waals surface area contributed by atoms with Crippen LogP contribution in [0.5, 0.6) is 11.5 Å². The number of amides is 2. The Morgan fingerprint density at radius 1 is 1.24 bits per heavy atom. The van der Waals surface area contributed by atoms with Gasteiger partial charge in [0, 0.05) is 31.1 Å². The Balaban J connectivity index is 0.00000392. The summed E-state index contributed by atoms with van der Waals surface area (Å²) in [6, 6.07) is 8.04. The summed E-state index contributed by atoms with van der Waals surface area (Å²) in [4.78, 5) is 27.9. The van der Waals surface area contributed by atoms with Crippen molar-refractivity contribution in [2.75, 3.05) is 24.4 Å². The third-order valence-corrected chi connectivity index (χ3v) is 4.49. The Morgan fingerprint density at radius 2 is 1.97 bits per heavy atom. The maximum Gasteiger partial charge on any atom is 0.269 e. The van der Waals surface area contributed by atoms with Crippen molar-refractivity contribution in [1.82, 2.24) is 10.3 Å². The quantitative estimate of drug-likeness (QED) is 0.557. The molecule has 7 nitrogen and oxygen atoms in total. The molecule has 2 aromatic rings. The monoisotopic (exact) mass is 460 g/mol. The van der Waals surface area contributed by atoms with Crippen molar-refractivity contribution in [2.45, 2.75) is 19.4 Å². The molecular weight excluding hydrogens is 435 g/mol. The number of rotatable bonds is 8. The van der Waals surface area contributed by atoms with Crippen LogP contribution in [-0.4, -0.2) is 41.9 Å². The Bertz CT molecular complexity index is 824. The molecule has 0 unspecified atom stereocenters. The number of nitrogens with two attached hydrogens (primary N) is 1. The minimum absolute atomic E-state index is 0. The Hall–Kier alpha value is -2.00. The van der Waals surface area contributed by atoms with Crippen molar-refractivity contribution >= 4 is 54.1 Å². The lowest BCUT2D eigenvalue weighted by molar-refractivity contribution is -0.117. The van der Waals surface area contributed by atoms with E-state index in [4.69, 9.17) is 10.5 Å². The number of anilines is 1. The van der Waals surface area contributed by atoms with E-state index in [1.165, 1.54) is 13.2 Å². The molecule has 160 valence electrons. The van der Waals surface area contributed by atoms with Gasteiger partial charge in [-0.2, -0.15) is 11.8 Å². The number of pyridine rings is 1. The van der Waals surface area contributed by atoms with Crippen LogP contribution in [0, 0.1) is 6.92 Å². The van der Waals surface area contributed by atoms with E-state index in [9.17, 15) is 9.59 Å². The summed E-state index contributed by atoms with van der Waals surface area (Å²) >= 11 is 1.65. The molecule has 0 saturated carbocycles. The first kappa shape index (κ1) is 27.0. The highest BCUT2D eigenvalue weighted by Crippen LogP contribution is 2.28. The number of nitrogens with one attached hydrogen (secondary N) is 2. The minimum Gasteiger partial charge on any atom is -0.457 e. The van der Waals surface area contributed by atoms with Crippen molar-refractivity contribution < 1.29 is 14.3 Å². The lowest BCUT2D eigenvalue weighted by Gasteiger charge is -2.14. The van der Waals surface area contributed by atoms with Crippen LogP contribution in [0.25, 0.3) is 0 Å². The van der Waals surface area contributed by atoms with E-state index in [1.54, 1.807) is 36.0 Å². The molecule has 2 amide bonds. The summed E-state index contributed by atoms with van der Waals surface area (Å²) in [5.41, 5.74) is 7.65. The highest BCUT2D eigenvalue weighted by Gasteiger charge is 2.14. The molecule has 1 atom stereocenters. The van der Waals surface area contributed by atoms with E-state index in [2.05, 4.69) is 15.6 Å². The second-order valence-electron chi connectivity index (χ2n) is 5.92. The van der Waals surface area contributed by atoms with Crippen molar-refractivity contribution in [3.8, 4) is 11.5 Å². The smallest absolute Gasteiger partial charge is 0.269 e. The average Bonchev–Trinajstić information content (AvgIpc) is 2.68. The van der Waals surface area contributed by atoms with Gasteiger partial charge in [-0.3, -0.25) is 14.6 Å². The zero-order valence-electron chi connectivity index (χ0n) is 16.4. The minimum atomic E-state index is -0.557. The van der Waals surface area contributed by atoms with E-state index >= 15 is 0 Å². The Kier molecular flexibility index (Phi) is 12.4. The van der Waals surface area contributed by atoms with Crippen molar-refractivity contribution in [1.29, 1.82) is 0 Å². The first-order valence-corrected chi connectivity index (χ1v) is 9.86. The maximum atomic E-state index is 12.2. The summed E-state index contributed by atoms with van der Waals surface area (Å²) < 4.78 is 5.89. The molecular formula is C19H26Cl2N4O3S. The molecule has 0 aliphatic carbocycles. The molecule has 0 radical (unpaired) electrons. The summed E-state index contributed by atoms with van der Waals surface area (Å²) in [7, 11) is 1.54. The number of carbonyl (C=O) groups excluding carboxylic acids is 2. The van der Waals surface area contributed by atoms with Crippen molar-refractivity contribution in [3.63, 3.8) is 0 Å². The third kappa shape index (κ3) is 8.10. The SMILES string of the molecule is CNC(=O)c1cc(Oc2cc(NC(=O)[C@@H](N)CCSC)ccc2C)ccn1.Cl.Cl. The molecule has 4 N–H and O–H groups in total. The lowest BCUT2D eigenvalue weighted by Crippen LogP contribution is -2.36. The number of hydrogen-bond donors (Lipinski definition) is 3. The predicted octanol–water partition coefficient (Wildman–Crippen LogP) is 3.40. The summed E-state index contributed by atoms with van der Waals surface area (Å²) in [5.74, 6) is 1.35. The fraction of sp³-hybridized carbons (Fsp3) is 0.316. The standard InChI is InChI=1S/C19H24N4O3S.2ClH/c1-12-4-5-13(23-18(24)15(20)7-9-27-3)10-17(12)26-14-6-8-22-16(11-14)19(25)21-2;;/h4-6,8,10-11,15H,7,9,20H2,1-3H3,(H,21,25)(H,23,24);2*1H/t15-;;/m0../s1. The van der Waals surface area contributed by atoms with Gasteiger partial charge < -0.3 is 21.1 Å². The average molecular weight is 461 g/mol. The summed E-state index contributed by atoms with van der Waals surface area (Å²) in [5, 5.41) is 5.33. The van der Waals surface area contributed by atoms with Crippen molar-refractivity contribution in [2.24, 2.45) is 5.73 Å². The van der Waals surface area contributed by atoms with E-state index in [-0.39, 0.29) is 42.3 Å². The van der Waals surface area contributed by atoms with E-state index < -0.39 is 6.04 Å². The van der Waals surface area contributed by atoms with Gasteiger partial charge in [0.1, 0.15) is 17.2 Å². The van der Waals surface area contributed by atoms with Crippen LogP contribution in [0.15, 0.2) is 36.5 Å². The molecule has 0 aliphatic heterocycles. The Morgan fingerprint density at radius 3 is 2.62 bits per heavy atom. The second kappa shape index (κ2) is 13.3. The van der Waals surface area contributed by atoms with Crippen LogP contribution in [0.3, 0.4) is 0 Å². The highest BCUT2D eigenvalue weighted by molar-refractivity contribution is 7.98. The maximum absolute atomic E-state index is 12.2. The molecule has 1 aromatic carbocycles. The fourth-order valence-corrected chi connectivity index (χ4v) is 2.74. The number of nitrogens with zero attached hydrogens (tertiary/aromatic N) is 1. The largest absolute Gasteiger partial charge is 0.457 e. The number of aryl methyl sites for hydroxylation is 1. The normalized spacial score (nSPS) is 10.8. The van der Waals surface area contributed by atoms with Crippen LogP contribution in [0.1, 0.15) is 22.5 Å². The number of aromatic nitrogens is 1. The van der Waals surface area contributed by atoms with Crippen LogP contribution < -0.4 is 21.1 Å². The van der Waals surface area contributed by atoms with Gasteiger partial charge in [0.15, 0.2) is 0 Å². The van der Waals surface area contributed by atoms with Gasteiger partial charge in [0.05, 0.1) is 6.04 Å². The van der Waals surface area contributed by atoms with Gasteiger partial charge in [-0.1, -0.05) is 6.07 Å². The zero-order chi connectivity index (χ0) is 19.8. The van der Waals surface area contributed by atoms with Gasteiger partial charge in [-0.25, -0.2) is 0 Å². The van der Waals surface area contributed by atoms with Gasteiger partial charge in [0.2, 0.25) is 5.91 Å². The number of benzene rings is 1. The molecule has 1 aromatic heterocycles. The fourth-order valence-electron chi connectivity index (χ4n) is 2.25. The molecule has 0 aliphatic rings. The number of ether oxygens (including phenoxy) is 1. The van der Waals surface area contributed by atoms with Crippen LogP contribution in [-0.2, 0) is 4.79 Å². The molecule has 1 heterocycles. The van der Waals surface area contributed by atoms with Crippen LogP contribution >= 0.6 is 36.6 Å². The molecule has 0 bridgehead atoms.